The van der Waals surface area contributed by atoms with E-state index in [1.165, 1.54) is 32.1 Å². The Morgan fingerprint density at radius 2 is 1.81 bits per heavy atom. The highest BCUT2D eigenvalue weighted by Gasteiger charge is 2.18. The lowest BCUT2D eigenvalue weighted by Gasteiger charge is -2.21. The van der Waals surface area contributed by atoms with Crippen molar-refractivity contribution in [2.45, 2.75) is 38.0 Å². The number of rotatable bonds is 3. The zero-order valence-electron chi connectivity index (χ0n) is 14.9. The smallest absolute Gasteiger partial charge is 0.314 e. The standard InChI is InChI=1S/C20H21N5O2/c26-19(20(27)25-18-12-23-17-8-9-21-11-15(17)18)24-14-6-7-16(22-10-14)13-4-2-1-3-5-13/h6-13,23H,1-5H2,(H,24,26)(H,25,27). The molecule has 4 rings (SSSR count). The van der Waals surface area contributed by atoms with Crippen LogP contribution < -0.4 is 10.6 Å². The van der Waals surface area contributed by atoms with Crippen molar-refractivity contribution in [2.24, 2.45) is 0 Å². The van der Waals surface area contributed by atoms with Gasteiger partial charge in [0.15, 0.2) is 0 Å². The lowest BCUT2D eigenvalue weighted by Crippen LogP contribution is -2.29. The lowest BCUT2D eigenvalue weighted by molar-refractivity contribution is -0.132. The molecule has 0 aliphatic heterocycles. The van der Waals surface area contributed by atoms with E-state index in [9.17, 15) is 9.59 Å². The molecule has 0 saturated heterocycles. The molecule has 0 atom stereocenters. The number of amides is 2. The van der Waals surface area contributed by atoms with Crippen LogP contribution in [-0.4, -0.2) is 26.8 Å². The fourth-order valence-electron chi connectivity index (χ4n) is 3.55. The molecular formula is C20H21N5O2. The molecule has 7 nitrogen and oxygen atoms in total. The Labute approximate surface area is 156 Å². The minimum atomic E-state index is -0.740. The monoisotopic (exact) mass is 363 g/mol. The second kappa shape index (κ2) is 7.57. The molecule has 1 aliphatic carbocycles. The number of aromatic nitrogens is 3. The third-order valence-corrected chi connectivity index (χ3v) is 5.01. The van der Waals surface area contributed by atoms with Gasteiger partial charge in [0.1, 0.15) is 0 Å². The van der Waals surface area contributed by atoms with Crippen LogP contribution in [0.3, 0.4) is 0 Å². The predicted octanol–water partition coefficient (Wildman–Crippen LogP) is 3.58. The van der Waals surface area contributed by atoms with Gasteiger partial charge in [0.25, 0.3) is 0 Å². The van der Waals surface area contributed by atoms with Gasteiger partial charge in [-0.15, -0.1) is 0 Å². The first kappa shape index (κ1) is 17.2. The summed E-state index contributed by atoms with van der Waals surface area (Å²) in [7, 11) is 0. The van der Waals surface area contributed by atoms with E-state index < -0.39 is 11.8 Å². The van der Waals surface area contributed by atoms with E-state index in [4.69, 9.17) is 0 Å². The summed E-state index contributed by atoms with van der Waals surface area (Å²) in [5.74, 6) is -0.973. The molecule has 138 valence electrons. The van der Waals surface area contributed by atoms with E-state index in [1.807, 2.05) is 6.07 Å². The van der Waals surface area contributed by atoms with E-state index in [0.717, 1.165) is 16.6 Å². The normalized spacial score (nSPS) is 14.8. The van der Waals surface area contributed by atoms with Gasteiger partial charge < -0.3 is 15.6 Å². The predicted molar refractivity (Wildman–Crippen MR) is 103 cm³/mol. The van der Waals surface area contributed by atoms with Gasteiger partial charge in [-0.05, 0) is 31.0 Å². The molecule has 3 N–H and O–H groups in total. The quantitative estimate of drug-likeness (QED) is 0.619. The molecule has 0 bridgehead atoms. The van der Waals surface area contributed by atoms with Crippen molar-refractivity contribution in [3.05, 3.63) is 48.7 Å². The highest BCUT2D eigenvalue weighted by atomic mass is 16.2. The average Bonchev–Trinajstić information content (AvgIpc) is 3.12. The summed E-state index contributed by atoms with van der Waals surface area (Å²) in [5, 5.41) is 5.95. The summed E-state index contributed by atoms with van der Waals surface area (Å²) >= 11 is 0. The number of anilines is 2. The SMILES string of the molecule is O=C(Nc1ccc(C2CCCCC2)nc1)C(=O)Nc1c[nH]c2ccncc12. The molecule has 1 saturated carbocycles. The van der Waals surface area contributed by atoms with Crippen molar-refractivity contribution in [1.29, 1.82) is 0 Å². The number of H-pyrrole nitrogens is 1. The van der Waals surface area contributed by atoms with Crippen LogP contribution in [0.2, 0.25) is 0 Å². The van der Waals surface area contributed by atoms with Crippen LogP contribution in [0.5, 0.6) is 0 Å². The fraction of sp³-hybridized carbons (Fsp3) is 0.300. The Bertz CT molecular complexity index is 958. The molecule has 3 heterocycles. The fourth-order valence-corrected chi connectivity index (χ4v) is 3.55. The molecule has 2 amide bonds. The second-order valence-electron chi connectivity index (χ2n) is 6.84. The minimum absolute atomic E-state index is 0.502. The molecule has 3 aromatic heterocycles. The van der Waals surface area contributed by atoms with E-state index >= 15 is 0 Å². The van der Waals surface area contributed by atoms with Gasteiger partial charge in [0.05, 0.1) is 23.1 Å². The zero-order valence-corrected chi connectivity index (χ0v) is 14.9. The third kappa shape index (κ3) is 3.81. The van der Waals surface area contributed by atoms with Crippen molar-refractivity contribution >= 4 is 34.1 Å². The Morgan fingerprint density at radius 1 is 1.00 bits per heavy atom. The van der Waals surface area contributed by atoms with Crippen LogP contribution in [0.25, 0.3) is 10.9 Å². The molecule has 0 radical (unpaired) electrons. The van der Waals surface area contributed by atoms with Gasteiger partial charge in [-0.1, -0.05) is 19.3 Å². The first-order chi connectivity index (χ1) is 13.2. The number of hydrogen-bond donors (Lipinski definition) is 3. The number of nitrogens with zero attached hydrogens (tertiary/aromatic N) is 2. The summed E-state index contributed by atoms with van der Waals surface area (Å²) in [4.78, 5) is 35.9. The Hall–Kier alpha value is -3.22. The van der Waals surface area contributed by atoms with E-state index in [2.05, 4.69) is 25.6 Å². The van der Waals surface area contributed by atoms with Crippen LogP contribution in [0.4, 0.5) is 11.4 Å². The number of aromatic amines is 1. The van der Waals surface area contributed by atoms with Crippen LogP contribution in [-0.2, 0) is 9.59 Å². The molecule has 1 aliphatic rings. The van der Waals surface area contributed by atoms with Crippen LogP contribution >= 0.6 is 0 Å². The van der Waals surface area contributed by atoms with Gasteiger partial charge in [0.2, 0.25) is 0 Å². The maximum absolute atomic E-state index is 12.2. The van der Waals surface area contributed by atoms with E-state index in [-0.39, 0.29) is 0 Å². The first-order valence-electron chi connectivity index (χ1n) is 9.20. The third-order valence-electron chi connectivity index (χ3n) is 5.01. The molecule has 7 heteroatoms. The van der Waals surface area contributed by atoms with Gasteiger partial charge in [-0.3, -0.25) is 19.6 Å². The van der Waals surface area contributed by atoms with Gasteiger partial charge in [0, 0.05) is 35.6 Å². The Morgan fingerprint density at radius 3 is 2.59 bits per heavy atom. The molecule has 1 fully saturated rings. The summed E-state index contributed by atoms with van der Waals surface area (Å²) in [6.07, 6.45) is 12.7. The van der Waals surface area contributed by atoms with Crippen molar-refractivity contribution < 1.29 is 9.59 Å². The maximum atomic E-state index is 12.2. The molecule has 3 aromatic rings. The Balaban J connectivity index is 1.38. The van der Waals surface area contributed by atoms with Crippen molar-refractivity contribution in [3.63, 3.8) is 0 Å². The van der Waals surface area contributed by atoms with Crippen molar-refractivity contribution in [1.82, 2.24) is 15.0 Å². The number of nitrogens with one attached hydrogen (secondary N) is 3. The van der Waals surface area contributed by atoms with Crippen LogP contribution in [0.1, 0.15) is 43.7 Å². The van der Waals surface area contributed by atoms with Crippen LogP contribution in [0.15, 0.2) is 43.0 Å². The van der Waals surface area contributed by atoms with Crippen molar-refractivity contribution in [2.75, 3.05) is 10.6 Å². The number of hydrogen-bond acceptors (Lipinski definition) is 4. The maximum Gasteiger partial charge on any atom is 0.314 e. The second-order valence-corrected chi connectivity index (χ2v) is 6.84. The highest BCUT2D eigenvalue weighted by molar-refractivity contribution is 6.44. The average molecular weight is 363 g/mol. The van der Waals surface area contributed by atoms with Gasteiger partial charge in [-0.25, -0.2) is 0 Å². The van der Waals surface area contributed by atoms with Gasteiger partial charge in [-0.2, -0.15) is 0 Å². The molecule has 0 aromatic carbocycles. The number of pyridine rings is 2. The Kier molecular flexibility index (Phi) is 4.82. The first-order valence-corrected chi connectivity index (χ1v) is 9.20. The minimum Gasteiger partial charge on any atom is -0.359 e. The lowest BCUT2D eigenvalue weighted by atomic mass is 9.87. The summed E-state index contributed by atoms with van der Waals surface area (Å²) in [6.45, 7) is 0. The van der Waals surface area contributed by atoms with Gasteiger partial charge >= 0.3 is 11.8 Å². The number of carbonyl (C=O) groups excluding carboxylic acids is 2. The largest absolute Gasteiger partial charge is 0.359 e. The van der Waals surface area contributed by atoms with E-state index in [0.29, 0.717) is 17.3 Å². The molecular weight excluding hydrogens is 342 g/mol. The summed E-state index contributed by atoms with van der Waals surface area (Å²) < 4.78 is 0. The molecule has 0 unspecified atom stereocenters. The zero-order chi connectivity index (χ0) is 18.6. The number of fused-ring (bicyclic) bond motifs is 1. The highest BCUT2D eigenvalue weighted by Crippen LogP contribution is 2.31. The summed E-state index contributed by atoms with van der Waals surface area (Å²) in [6, 6.07) is 5.54. The number of carbonyl (C=O) groups is 2. The summed E-state index contributed by atoms with van der Waals surface area (Å²) in [5.41, 5.74) is 2.92. The topological polar surface area (TPSA) is 99.8 Å². The van der Waals surface area contributed by atoms with Crippen LogP contribution in [0, 0.1) is 0 Å². The van der Waals surface area contributed by atoms with Crippen molar-refractivity contribution in [3.8, 4) is 0 Å². The molecule has 0 spiro atoms. The van der Waals surface area contributed by atoms with E-state index in [1.54, 1.807) is 36.9 Å². The molecule has 27 heavy (non-hydrogen) atoms.